The molecule has 5 nitrogen and oxygen atoms in total. The molecule has 1 atom stereocenters. The van der Waals surface area contributed by atoms with E-state index in [-0.39, 0.29) is 11.6 Å². The molecular weight excluding hydrogens is 266 g/mol. The van der Waals surface area contributed by atoms with Crippen LogP contribution >= 0.6 is 0 Å². The molecule has 0 fully saturated rings. The average Bonchev–Trinajstić information content (AvgIpc) is 2.89. The van der Waals surface area contributed by atoms with Gasteiger partial charge in [0.15, 0.2) is 6.04 Å². The summed E-state index contributed by atoms with van der Waals surface area (Å²) in [5.74, 6) is -0.0165. The number of hydrogen-bond acceptors (Lipinski definition) is 3. The Balaban J connectivity index is 0.000000219. The number of nitriles is 1. The summed E-state index contributed by atoms with van der Waals surface area (Å²) in [4.78, 5) is 13.3. The maximum absolute atomic E-state index is 10.1. The number of rotatable bonds is 3. The smallest absolute Gasteiger partial charge is 0.255 e. The van der Waals surface area contributed by atoms with Gasteiger partial charge in [0.1, 0.15) is 18.0 Å². The van der Waals surface area contributed by atoms with Crippen molar-refractivity contribution in [3.8, 4) is 6.07 Å². The maximum atomic E-state index is 10.1. The van der Waals surface area contributed by atoms with E-state index in [2.05, 4.69) is 18.0 Å². The molecule has 0 aliphatic heterocycles. The molecule has 1 aromatic heterocycles. The summed E-state index contributed by atoms with van der Waals surface area (Å²) in [5.41, 5.74) is 1.33. The van der Waals surface area contributed by atoms with Crippen molar-refractivity contribution in [2.45, 2.75) is 33.2 Å². The lowest BCUT2D eigenvalue weighted by atomic mass is 10.2. The molecule has 0 saturated heterocycles. The Kier molecular flexibility index (Phi) is 6.15. The Labute approximate surface area is 124 Å². The van der Waals surface area contributed by atoms with Crippen molar-refractivity contribution >= 4 is 5.97 Å². The zero-order valence-electron chi connectivity index (χ0n) is 12.5. The fourth-order valence-electron chi connectivity index (χ4n) is 1.86. The Hall–Kier alpha value is -2.61. The fraction of sp³-hybridized carbons (Fsp3) is 0.312. The van der Waals surface area contributed by atoms with E-state index in [1.54, 1.807) is 18.2 Å². The number of carbonyl (C=O) groups excluding carboxylic acids is 1. The molecule has 0 bridgehead atoms. The van der Waals surface area contributed by atoms with Gasteiger partial charge in [-0.3, -0.25) is 0 Å². The van der Waals surface area contributed by atoms with Crippen LogP contribution in [-0.4, -0.2) is 11.0 Å². The van der Waals surface area contributed by atoms with E-state index >= 15 is 0 Å². The highest BCUT2D eigenvalue weighted by Crippen LogP contribution is 1.99. The first kappa shape index (κ1) is 16.4. The Morgan fingerprint density at radius 2 is 2.05 bits per heavy atom. The third-order valence-electron chi connectivity index (χ3n) is 2.93. The van der Waals surface area contributed by atoms with Crippen molar-refractivity contribution in [1.82, 2.24) is 4.98 Å². The summed E-state index contributed by atoms with van der Waals surface area (Å²) in [5, 5.41) is 18.8. The second kappa shape index (κ2) is 7.85. The van der Waals surface area contributed by atoms with Crippen LogP contribution in [0.4, 0.5) is 0 Å². The minimum atomic E-state index is -1.13. The molecule has 2 rings (SSSR count). The van der Waals surface area contributed by atoms with Gasteiger partial charge in [-0.25, -0.2) is 9.55 Å². The number of aryl methyl sites for hydroxylation is 2. The van der Waals surface area contributed by atoms with Crippen LogP contribution in [-0.2, 0) is 6.42 Å². The summed E-state index contributed by atoms with van der Waals surface area (Å²) in [6, 6.07) is 10.2. The number of hydrogen-bond donors (Lipinski definition) is 1. The van der Waals surface area contributed by atoms with Crippen molar-refractivity contribution in [2.24, 2.45) is 0 Å². The van der Waals surface area contributed by atoms with Crippen LogP contribution in [0.25, 0.3) is 0 Å². The highest BCUT2D eigenvalue weighted by Gasteiger charge is 2.16. The van der Waals surface area contributed by atoms with Crippen LogP contribution in [0, 0.1) is 18.3 Å². The maximum Gasteiger partial charge on any atom is 0.255 e. The largest absolute Gasteiger partial charge is 0.545 e. The lowest BCUT2D eigenvalue weighted by molar-refractivity contribution is -0.712. The second-order valence-corrected chi connectivity index (χ2v) is 4.60. The number of nitrogens with one attached hydrogen (secondary N) is 1. The van der Waals surface area contributed by atoms with Gasteiger partial charge >= 0.3 is 0 Å². The Morgan fingerprint density at radius 3 is 2.48 bits per heavy atom. The van der Waals surface area contributed by atoms with E-state index < -0.39 is 5.97 Å². The van der Waals surface area contributed by atoms with E-state index in [1.807, 2.05) is 24.6 Å². The molecule has 0 radical (unpaired) electrons. The van der Waals surface area contributed by atoms with Crippen LogP contribution in [0.1, 0.15) is 41.8 Å². The number of benzene rings is 1. The van der Waals surface area contributed by atoms with Gasteiger partial charge in [0.2, 0.25) is 0 Å². The average molecular weight is 285 g/mol. The molecule has 0 spiro atoms. The van der Waals surface area contributed by atoms with Crippen molar-refractivity contribution in [1.29, 1.82) is 5.26 Å². The van der Waals surface area contributed by atoms with Gasteiger partial charge < -0.3 is 9.90 Å². The van der Waals surface area contributed by atoms with E-state index in [1.165, 1.54) is 12.1 Å². The van der Waals surface area contributed by atoms with Crippen LogP contribution in [0.2, 0.25) is 0 Å². The standard InChI is InChI=1S/C9H13N3.C7H6O2/c1-4-9-11-7(2)6-12(9)8(3)5-10;8-7(9)6-4-2-1-3-5-6/h6,8H,4H2,1-3H3;1-5H,(H,8,9). The minimum Gasteiger partial charge on any atom is -0.545 e. The van der Waals surface area contributed by atoms with Crippen LogP contribution in [0.3, 0.4) is 0 Å². The molecule has 21 heavy (non-hydrogen) atoms. The van der Waals surface area contributed by atoms with Gasteiger partial charge in [0.25, 0.3) is 5.82 Å². The van der Waals surface area contributed by atoms with Gasteiger partial charge in [0, 0.05) is 13.3 Å². The molecule has 5 heteroatoms. The number of aromatic carboxylic acids is 1. The zero-order valence-corrected chi connectivity index (χ0v) is 12.5. The highest BCUT2D eigenvalue weighted by molar-refractivity contribution is 5.85. The zero-order chi connectivity index (χ0) is 15.8. The molecule has 110 valence electrons. The Morgan fingerprint density at radius 1 is 1.43 bits per heavy atom. The number of aromatic amines is 1. The minimum absolute atomic E-state index is 0.0788. The van der Waals surface area contributed by atoms with E-state index in [0.29, 0.717) is 0 Å². The second-order valence-electron chi connectivity index (χ2n) is 4.60. The summed E-state index contributed by atoms with van der Waals surface area (Å²) in [6.07, 6.45) is 2.91. The van der Waals surface area contributed by atoms with Crippen molar-refractivity contribution in [3.05, 3.63) is 53.6 Å². The Bertz CT molecular complexity index is 627. The molecule has 1 aromatic carbocycles. The van der Waals surface area contributed by atoms with Crippen molar-refractivity contribution < 1.29 is 14.5 Å². The lowest BCUT2D eigenvalue weighted by Gasteiger charge is -1.98. The highest BCUT2D eigenvalue weighted by atomic mass is 16.4. The summed E-state index contributed by atoms with van der Waals surface area (Å²) in [7, 11) is 0. The monoisotopic (exact) mass is 285 g/mol. The predicted molar refractivity (Wildman–Crippen MR) is 76.2 cm³/mol. The summed E-state index contributed by atoms with van der Waals surface area (Å²) >= 11 is 0. The molecular formula is C16H19N3O2. The molecule has 1 heterocycles. The molecule has 0 saturated carbocycles. The molecule has 0 aliphatic carbocycles. The topological polar surface area (TPSA) is 83.6 Å². The van der Waals surface area contributed by atoms with Crippen LogP contribution in [0.5, 0.6) is 0 Å². The molecule has 0 amide bonds. The normalized spacial score (nSPS) is 11.0. The first-order chi connectivity index (χ1) is 9.99. The van der Waals surface area contributed by atoms with Crippen molar-refractivity contribution in [2.75, 3.05) is 0 Å². The van der Waals surface area contributed by atoms with Gasteiger partial charge in [-0.15, -0.1) is 0 Å². The van der Waals surface area contributed by atoms with Gasteiger partial charge in [-0.05, 0) is 12.5 Å². The number of nitrogens with zero attached hydrogens (tertiary/aromatic N) is 2. The molecule has 2 aromatic rings. The van der Waals surface area contributed by atoms with Crippen molar-refractivity contribution in [3.63, 3.8) is 0 Å². The fourth-order valence-corrected chi connectivity index (χ4v) is 1.86. The van der Waals surface area contributed by atoms with E-state index in [4.69, 9.17) is 5.26 Å². The first-order valence-corrected chi connectivity index (χ1v) is 6.75. The number of imidazole rings is 1. The molecule has 1 N–H and O–H groups in total. The third kappa shape index (κ3) is 4.77. The predicted octanol–water partition coefficient (Wildman–Crippen LogP) is 1.31. The quantitative estimate of drug-likeness (QED) is 0.863. The van der Waals surface area contributed by atoms with Gasteiger partial charge in [-0.2, -0.15) is 5.26 Å². The summed E-state index contributed by atoms with van der Waals surface area (Å²) in [6.45, 7) is 5.97. The van der Waals surface area contributed by atoms with E-state index in [9.17, 15) is 9.90 Å². The number of carboxylic acid groups (broad SMARTS) is 1. The SMILES string of the molecule is CCc1[nH]c(C)c[n+]1C(C)C#N.O=C([O-])c1ccccc1. The van der Waals surface area contributed by atoms with Crippen LogP contribution in [0.15, 0.2) is 36.5 Å². The van der Waals surface area contributed by atoms with E-state index in [0.717, 1.165) is 17.9 Å². The van der Waals surface area contributed by atoms with Crippen LogP contribution < -0.4 is 9.67 Å². The first-order valence-electron chi connectivity index (χ1n) is 6.75. The number of aromatic nitrogens is 2. The number of carbonyl (C=O) groups is 1. The third-order valence-corrected chi connectivity index (χ3v) is 2.93. The molecule has 1 unspecified atom stereocenters. The summed E-state index contributed by atoms with van der Waals surface area (Å²) < 4.78 is 1.98. The molecule has 0 aliphatic rings. The van der Waals surface area contributed by atoms with Gasteiger partial charge in [-0.1, -0.05) is 37.3 Å². The number of carboxylic acids is 1. The lowest BCUT2D eigenvalue weighted by Crippen LogP contribution is -2.38. The van der Waals surface area contributed by atoms with Gasteiger partial charge in [0.05, 0.1) is 5.97 Å². The number of H-pyrrole nitrogens is 1.